The summed E-state index contributed by atoms with van der Waals surface area (Å²) < 4.78 is 12.9. The number of carboxylic acids is 1. The first-order chi connectivity index (χ1) is 27.1. The number of ether oxygens (including phenoxy) is 2. The number of hydrogen-bond donors (Lipinski definition) is 4. The van der Waals surface area contributed by atoms with Gasteiger partial charge in [0.15, 0.2) is 11.6 Å². The number of carbonyl (C=O) groups is 4. The molecule has 0 saturated heterocycles. The highest BCUT2D eigenvalue weighted by Gasteiger charge is 2.44. The summed E-state index contributed by atoms with van der Waals surface area (Å²) in [4.78, 5) is 52.4. The SMILES string of the molecule is CC(C)=CCCC1(C)C=Cc2c(O)c(C(=O)/C(C)=C/C(C)C(=O)C(C/C=C(/C)C(=O)NCCCCCCCC(=O)O)(OC(C)C)C(C)C)c(O)c(CC=C(C)C)c2O1. The van der Waals surface area contributed by atoms with Gasteiger partial charge in [-0.1, -0.05) is 75.5 Å². The smallest absolute Gasteiger partial charge is 0.303 e. The van der Waals surface area contributed by atoms with E-state index >= 15 is 0 Å². The average molecular weight is 806 g/mol. The number of phenolic OH excluding ortho intramolecular Hbond substituents is 2. The number of Topliss-reactive ketones (excluding diaryl/α,β-unsaturated/α-hetero) is 2. The van der Waals surface area contributed by atoms with Crippen LogP contribution < -0.4 is 10.1 Å². The largest absolute Gasteiger partial charge is 0.507 e. The Morgan fingerprint density at radius 2 is 1.48 bits per heavy atom. The maximum absolute atomic E-state index is 14.5. The third kappa shape index (κ3) is 14.1. The van der Waals surface area contributed by atoms with Crippen LogP contribution in [0.15, 0.2) is 52.7 Å². The number of phenols is 2. The Morgan fingerprint density at radius 3 is 2.07 bits per heavy atom. The fourth-order valence-corrected chi connectivity index (χ4v) is 7.13. The number of unbranched alkanes of at least 4 members (excludes halogenated alkanes) is 4. The molecule has 58 heavy (non-hydrogen) atoms. The molecule has 4 N–H and O–H groups in total. The molecule has 1 heterocycles. The molecule has 10 nitrogen and oxygen atoms in total. The highest BCUT2D eigenvalue weighted by atomic mass is 16.5. The van der Waals surface area contributed by atoms with E-state index in [9.17, 15) is 29.4 Å². The van der Waals surface area contributed by atoms with Crippen molar-refractivity contribution < 1.29 is 44.0 Å². The van der Waals surface area contributed by atoms with Crippen LogP contribution in [0.1, 0.15) is 162 Å². The number of carbonyl (C=O) groups excluding carboxylic acids is 3. The molecule has 0 radical (unpaired) electrons. The summed E-state index contributed by atoms with van der Waals surface area (Å²) >= 11 is 0. The van der Waals surface area contributed by atoms with Crippen molar-refractivity contribution in [3.63, 3.8) is 0 Å². The Kier molecular flexibility index (Phi) is 19.4. The van der Waals surface area contributed by atoms with Gasteiger partial charge in [-0.2, -0.15) is 0 Å². The van der Waals surface area contributed by atoms with Crippen LogP contribution in [0.2, 0.25) is 0 Å². The first-order valence-corrected chi connectivity index (χ1v) is 20.9. The molecule has 1 aromatic rings. The quantitative estimate of drug-likeness (QED) is 0.0345. The molecule has 10 heteroatoms. The first kappa shape index (κ1) is 49.7. The number of benzene rings is 1. The van der Waals surface area contributed by atoms with Gasteiger partial charge in [-0.3, -0.25) is 19.2 Å². The Labute approximate surface area is 347 Å². The van der Waals surface area contributed by atoms with Gasteiger partial charge in [-0.05, 0) is 118 Å². The molecule has 3 atom stereocenters. The zero-order valence-electron chi connectivity index (χ0n) is 37.3. The molecule has 0 bridgehead atoms. The molecule has 1 aliphatic heterocycles. The Hall–Kier alpha value is -4.44. The molecular formula is C48H71NO9. The molecule has 0 fully saturated rings. The molecule has 322 valence electrons. The van der Waals surface area contributed by atoms with Gasteiger partial charge in [0.1, 0.15) is 34.0 Å². The minimum Gasteiger partial charge on any atom is -0.507 e. The maximum Gasteiger partial charge on any atom is 0.303 e. The third-order valence-corrected chi connectivity index (χ3v) is 10.6. The first-order valence-electron chi connectivity index (χ1n) is 20.9. The normalized spacial score (nSPS) is 16.9. The van der Waals surface area contributed by atoms with Gasteiger partial charge >= 0.3 is 5.97 Å². The van der Waals surface area contributed by atoms with Gasteiger partial charge in [0, 0.05) is 36.4 Å². The van der Waals surface area contributed by atoms with E-state index in [1.54, 1.807) is 39.0 Å². The number of allylic oxidation sites excluding steroid dienone is 6. The Bertz CT molecular complexity index is 1790. The summed E-state index contributed by atoms with van der Waals surface area (Å²) in [7, 11) is 0. The van der Waals surface area contributed by atoms with E-state index in [1.165, 1.54) is 5.57 Å². The number of aromatic hydroxyl groups is 2. The average Bonchev–Trinajstić information content (AvgIpc) is 3.12. The zero-order chi connectivity index (χ0) is 44.0. The van der Waals surface area contributed by atoms with Crippen LogP contribution in [0.4, 0.5) is 0 Å². The molecule has 0 spiro atoms. The molecular weight excluding hydrogens is 735 g/mol. The van der Waals surface area contributed by atoms with Crippen LogP contribution >= 0.6 is 0 Å². The lowest BCUT2D eigenvalue weighted by atomic mass is 9.77. The maximum atomic E-state index is 14.5. The summed E-state index contributed by atoms with van der Waals surface area (Å²) in [5.74, 6) is -3.42. The van der Waals surface area contributed by atoms with E-state index in [0.29, 0.717) is 41.8 Å². The number of hydrogen-bond acceptors (Lipinski definition) is 8. The second-order valence-corrected chi connectivity index (χ2v) is 17.1. The fourth-order valence-electron chi connectivity index (χ4n) is 7.13. The van der Waals surface area contributed by atoms with Crippen LogP contribution in [0.3, 0.4) is 0 Å². The van der Waals surface area contributed by atoms with Crippen LogP contribution in [0.25, 0.3) is 6.08 Å². The third-order valence-electron chi connectivity index (χ3n) is 10.6. The van der Waals surface area contributed by atoms with Gasteiger partial charge in [-0.15, -0.1) is 0 Å². The number of ketones is 2. The van der Waals surface area contributed by atoms with Gasteiger partial charge in [0.2, 0.25) is 5.91 Å². The molecule has 1 aromatic carbocycles. The van der Waals surface area contributed by atoms with E-state index in [0.717, 1.165) is 37.7 Å². The van der Waals surface area contributed by atoms with Crippen LogP contribution in [-0.2, 0) is 25.5 Å². The summed E-state index contributed by atoms with van der Waals surface area (Å²) in [5, 5.41) is 35.0. The highest BCUT2D eigenvalue weighted by molar-refractivity contribution is 6.13. The predicted octanol–water partition coefficient (Wildman–Crippen LogP) is 10.5. The van der Waals surface area contributed by atoms with Crippen molar-refractivity contribution in [1.29, 1.82) is 0 Å². The van der Waals surface area contributed by atoms with Crippen molar-refractivity contribution in [2.45, 2.75) is 165 Å². The predicted molar refractivity (Wildman–Crippen MR) is 232 cm³/mol. The molecule has 1 aliphatic rings. The Morgan fingerprint density at radius 1 is 0.862 bits per heavy atom. The van der Waals surface area contributed by atoms with Crippen LogP contribution in [0, 0.1) is 11.8 Å². The van der Waals surface area contributed by atoms with Gasteiger partial charge in [-0.25, -0.2) is 0 Å². The number of amides is 1. The van der Waals surface area contributed by atoms with Crippen molar-refractivity contribution in [3.8, 4) is 17.2 Å². The fraction of sp³-hybridized carbons (Fsp3) is 0.583. The lowest BCUT2D eigenvalue weighted by molar-refractivity contribution is -0.161. The second kappa shape index (κ2) is 22.6. The minimum absolute atomic E-state index is 0.134. The minimum atomic E-state index is -1.32. The van der Waals surface area contributed by atoms with Crippen molar-refractivity contribution >= 4 is 29.5 Å². The zero-order valence-corrected chi connectivity index (χ0v) is 37.3. The van der Waals surface area contributed by atoms with Gasteiger partial charge in [0.25, 0.3) is 0 Å². The monoisotopic (exact) mass is 806 g/mol. The molecule has 0 aliphatic carbocycles. The molecule has 0 aromatic heterocycles. The lowest BCUT2D eigenvalue weighted by Crippen LogP contribution is -2.50. The summed E-state index contributed by atoms with van der Waals surface area (Å²) in [6, 6.07) is 0. The number of fused-ring (bicyclic) bond motifs is 1. The molecule has 1 amide bonds. The van der Waals surface area contributed by atoms with E-state index in [4.69, 9.17) is 14.6 Å². The molecule has 0 saturated carbocycles. The van der Waals surface area contributed by atoms with E-state index < -0.39 is 28.9 Å². The number of carboxylic acid groups (broad SMARTS) is 1. The van der Waals surface area contributed by atoms with Gasteiger partial charge in [0.05, 0.1) is 11.7 Å². The summed E-state index contributed by atoms with van der Waals surface area (Å²) in [6.07, 6.45) is 16.7. The molecule has 2 rings (SSSR count). The summed E-state index contributed by atoms with van der Waals surface area (Å²) in [6.45, 7) is 22.9. The van der Waals surface area contributed by atoms with Crippen molar-refractivity contribution in [3.05, 3.63) is 69.4 Å². The highest BCUT2D eigenvalue weighted by Crippen LogP contribution is 2.48. The van der Waals surface area contributed by atoms with E-state index in [-0.39, 0.29) is 65.6 Å². The number of aliphatic carboxylic acids is 1. The van der Waals surface area contributed by atoms with Crippen molar-refractivity contribution in [2.75, 3.05) is 6.54 Å². The standard InChI is InChI=1S/C48H71NO9/c1-30(2)19-18-25-47(12)26-24-38-43(54)40(42(53)37(44(38)58-47)22-21-31(3)4)41(52)35(10)29-36(11)45(55)48(32(5)6,57-33(7)8)27-23-34(9)46(56)49-28-17-15-13-14-16-20-39(50)51/h19,21,23-24,26,29,32-33,36,53-54H,13-18,20,22,25,27-28H2,1-12H3,(H,49,56)(H,50,51)/b34-23-,35-29+. The number of nitrogens with one attached hydrogen (secondary N) is 1. The molecule has 3 unspecified atom stereocenters. The van der Waals surface area contributed by atoms with Gasteiger partial charge < -0.3 is 30.1 Å². The Balaban J connectivity index is 2.42. The second-order valence-electron chi connectivity index (χ2n) is 17.1. The van der Waals surface area contributed by atoms with Crippen molar-refractivity contribution in [1.82, 2.24) is 5.32 Å². The van der Waals surface area contributed by atoms with Crippen LogP contribution in [-0.4, -0.2) is 62.6 Å². The topological polar surface area (TPSA) is 159 Å². The lowest BCUT2D eigenvalue weighted by Gasteiger charge is -2.38. The number of rotatable bonds is 24. The van der Waals surface area contributed by atoms with Crippen LogP contribution in [0.5, 0.6) is 17.2 Å². The van der Waals surface area contributed by atoms with E-state index in [2.05, 4.69) is 11.4 Å². The summed E-state index contributed by atoms with van der Waals surface area (Å²) in [5.41, 5.74) is 1.29. The van der Waals surface area contributed by atoms with E-state index in [1.807, 2.05) is 74.5 Å². The van der Waals surface area contributed by atoms with Crippen molar-refractivity contribution in [2.24, 2.45) is 11.8 Å².